The molecule has 0 saturated carbocycles. The molecule has 0 saturated heterocycles. The molecule has 7 nitrogen and oxygen atoms in total. The quantitative estimate of drug-likeness (QED) is 0.465. The highest BCUT2D eigenvalue weighted by atomic mass is 16.6. The summed E-state index contributed by atoms with van der Waals surface area (Å²) in [5.41, 5.74) is 0.246. The molecule has 2 rings (SSSR count). The summed E-state index contributed by atoms with van der Waals surface area (Å²) in [5, 5.41) is 0. The van der Waals surface area contributed by atoms with Gasteiger partial charge in [0, 0.05) is 12.1 Å². The summed E-state index contributed by atoms with van der Waals surface area (Å²) in [6.07, 6.45) is 0. The molecule has 0 aliphatic rings. The maximum atomic E-state index is 12.3. The van der Waals surface area contributed by atoms with Gasteiger partial charge in [-0.2, -0.15) is 0 Å². The standard InChI is InChI=1S/C20H24O7/c1-5-25-14-6-8-15(9-7-14)26-10-11-27-20(21)16-12-18(23-3)19(24-4)13-17(16)22-2/h6-9,12-13H,5,10-11H2,1-4H3. The molecule has 0 fully saturated rings. The van der Waals surface area contributed by atoms with Crippen LogP contribution >= 0.6 is 0 Å². The largest absolute Gasteiger partial charge is 0.496 e. The smallest absolute Gasteiger partial charge is 0.342 e. The van der Waals surface area contributed by atoms with Crippen LogP contribution in [0.3, 0.4) is 0 Å². The Morgan fingerprint density at radius 2 is 1.33 bits per heavy atom. The van der Waals surface area contributed by atoms with E-state index in [-0.39, 0.29) is 18.8 Å². The van der Waals surface area contributed by atoms with Crippen LogP contribution in [0.1, 0.15) is 17.3 Å². The highest BCUT2D eigenvalue weighted by Crippen LogP contribution is 2.34. The first-order valence-electron chi connectivity index (χ1n) is 8.45. The van der Waals surface area contributed by atoms with Crippen molar-refractivity contribution < 1.29 is 33.2 Å². The normalized spacial score (nSPS) is 10.1. The molecule has 0 amide bonds. The molecular weight excluding hydrogens is 352 g/mol. The molecule has 0 aliphatic carbocycles. The van der Waals surface area contributed by atoms with Crippen molar-refractivity contribution >= 4 is 5.97 Å². The summed E-state index contributed by atoms with van der Waals surface area (Å²) in [7, 11) is 4.46. The molecule has 0 aliphatic heterocycles. The van der Waals surface area contributed by atoms with Gasteiger partial charge in [0.15, 0.2) is 11.5 Å². The van der Waals surface area contributed by atoms with Crippen LogP contribution in [0.25, 0.3) is 0 Å². The number of rotatable bonds is 10. The Morgan fingerprint density at radius 3 is 1.89 bits per heavy atom. The van der Waals surface area contributed by atoms with Crippen LogP contribution < -0.4 is 23.7 Å². The van der Waals surface area contributed by atoms with Crippen LogP contribution in [0.4, 0.5) is 0 Å². The fourth-order valence-corrected chi connectivity index (χ4v) is 2.36. The Balaban J connectivity index is 1.91. The summed E-state index contributed by atoms with van der Waals surface area (Å²) in [6, 6.07) is 10.3. The SMILES string of the molecule is CCOc1ccc(OCCOC(=O)c2cc(OC)c(OC)cc2OC)cc1. The Morgan fingerprint density at radius 1 is 0.778 bits per heavy atom. The third-order valence-corrected chi connectivity index (χ3v) is 3.65. The monoisotopic (exact) mass is 376 g/mol. The van der Waals surface area contributed by atoms with E-state index in [0.29, 0.717) is 29.6 Å². The highest BCUT2D eigenvalue weighted by molar-refractivity contribution is 5.93. The van der Waals surface area contributed by atoms with E-state index in [4.69, 9.17) is 28.4 Å². The minimum absolute atomic E-state index is 0.0868. The molecule has 0 radical (unpaired) electrons. The van der Waals surface area contributed by atoms with E-state index >= 15 is 0 Å². The van der Waals surface area contributed by atoms with Crippen LogP contribution in [-0.2, 0) is 4.74 Å². The number of ether oxygens (including phenoxy) is 6. The van der Waals surface area contributed by atoms with Crippen LogP contribution in [0.2, 0.25) is 0 Å². The van der Waals surface area contributed by atoms with Gasteiger partial charge in [0.25, 0.3) is 0 Å². The lowest BCUT2D eigenvalue weighted by Crippen LogP contribution is -2.13. The summed E-state index contributed by atoms with van der Waals surface area (Å²) < 4.78 is 31.8. The molecular formula is C20H24O7. The number of benzene rings is 2. The van der Waals surface area contributed by atoms with Crippen LogP contribution in [0.15, 0.2) is 36.4 Å². The second-order valence-corrected chi connectivity index (χ2v) is 5.30. The fraction of sp³-hybridized carbons (Fsp3) is 0.350. The van der Waals surface area contributed by atoms with Crippen LogP contribution in [-0.4, -0.2) is 47.1 Å². The van der Waals surface area contributed by atoms with Crippen molar-refractivity contribution in [1.82, 2.24) is 0 Å². The number of hydrogen-bond acceptors (Lipinski definition) is 7. The zero-order valence-corrected chi connectivity index (χ0v) is 15.9. The molecule has 146 valence electrons. The Bertz CT molecular complexity index is 741. The van der Waals surface area contributed by atoms with Gasteiger partial charge in [-0.25, -0.2) is 4.79 Å². The third-order valence-electron chi connectivity index (χ3n) is 3.65. The van der Waals surface area contributed by atoms with Crippen molar-refractivity contribution in [3.8, 4) is 28.7 Å². The van der Waals surface area contributed by atoms with E-state index in [1.165, 1.54) is 27.4 Å². The average molecular weight is 376 g/mol. The predicted octanol–water partition coefficient (Wildman–Crippen LogP) is 3.35. The Hall–Kier alpha value is -3.09. The molecule has 0 N–H and O–H groups in total. The fourth-order valence-electron chi connectivity index (χ4n) is 2.36. The van der Waals surface area contributed by atoms with E-state index in [0.717, 1.165) is 5.75 Å². The van der Waals surface area contributed by atoms with Crippen molar-refractivity contribution in [2.45, 2.75) is 6.92 Å². The first-order valence-corrected chi connectivity index (χ1v) is 8.45. The molecule has 0 heterocycles. The lowest BCUT2D eigenvalue weighted by atomic mass is 10.1. The molecule has 0 bridgehead atoms. The maximum Gasteiger partial charge on any atom is 0.342 e. The van der Waals surface area contributed by atoms with E-state index in [1.807, 2.05) is 19.1 Å². The van der Waals surface area contributed by atoms with E-state index in [9.17, 15) is 4.79 Å². The summed E-state index contributed by atoms with van der Waals surface area (Å²) >= 11 is 0. The number of esters is 1. The van der Waals surface area contributed by atoms with Crippen LogP contribution in [0.5, 0.6) is 28.7 Å². The minimum Gasteiger partial charge on any atom is -0.496 e. The summed E-state index contributed by atoms with van der Waals surface area (Å²) in [5.74, 6) is 2.11. The second-order valence-electron chi connectivity index (χ2n) is 5.30. The lowest BCUT2D eigenvalue weighted by molar-refractivity contribution is 0.0446. The first-order chi connectivity index (χ1) is 13.1. The van der Waals surface area contributed by atoms with Gasteiger partial charge in [0.05, 0.1) is 27.9 Å². The molecule has 2 aromatic rings. The van der Waals surface area contributed by atoms with E-state index < -0.39 is 5.97 Å². The molecule has 7 heteroatoms. The molecule has 0 unspecified atom stereocenters. The zero-order valence-electron chi connectivity index (χ0n) is 15.9. The van der Waals surface area contributed by atoms with Crippen molar-refractivity contribution in [3.05, 3.63) is 42.0 Å². The second kappa shape index (κ2) is 10.2. The van der Waals surface area contributed by atoms with Gasteiger partial charge in [-0.05, 0) is 31.2 Å². The Kier molecular flexibility index (Phi) is 7.61. The van der Waals surface area contributed by atoms with Gasteiger partial charge in [-0.3, -0.25) is 0 Å². The topological polar surface area (TPSA) is 72.5 Å². The molecule has 0 aromatic heterocycles. The molecule has 0 atom stereocenters. The molecule has 0 spiro atoms. The zero-order chi connectivity index (χ0) is 19.6. The lowest BCUT2D eigenvalue weighted by Gasteiger charge is -2.14. The van der Waals surface area contributed by atoms with Crippen molar-refractivity contribution in [3.63, 3.8) is 0 Å². The van der Waals surface area contributed by atoms with Gasteiger partial charge in [-0.1, -0.05) is 0 Å². The Labute approximate surface area is 158 Å². The van der Waals surface area contributed by atoms with Gasteiger partial charge in [0.2, 0.25) is 0 Å². The van der Waals surface area contributed by atoms with Crippen molar-refractivity contribution in [2.75, 3.05) is 41.2 Å². The number of carbonyl (C=O) groups is 1. The predicted molar refractivity (Wildman–Crippen MR) is 99.5 cm³/mol. The van der Waals surface area contributed by atoms with Crippen molar-refractivity contribution in [2.24, 2.45) is 0 Å². The third kappa shape index (κ3) is 5.44. The summed E-state index contributed by atoms with van der Waals surface area (Å²) in [6.45, 7) is 2.83. The van der Waals surface area contributed by atoms with E-state index in [2.05, 4.69) is 0 Å². The van der Waals surface area contributed by atoms with Crippen LogP contribution in [0, 0.1) is 0 Å². The van der Waals surface area contributed by atoms with Gasteiger partial charge in [-0.15, -0.1) is 0 Å². The number of carbonyl (C=O) groups excluding carboxylic acids is 1. The summed E-state index contributed by atoms with van der Waals surface area (Å²) in [4.78, 5) is 12.3. The first kappa shape index (κ1) is 20.2. The number of hydrogen-bond donors (Lipinski definition) is 0. The van der Waals surface area contributed by atoms with Crippen molar-refractivity contribution in [1.29, 1.82) is 0 Å². The number of methoxy groups -OCH3 is 3. The average Bonchev–Trinajstić information content (AvgIpc) is 2.71. The highest BCUT2D eigenvalue weighted by Gasteiger charge is 2.19. The van der Waals surface area contributed by atoms with E-state index in [1.54, 1.807) is 18.2 Å². The molecule has 2 aromatic carbocycles. The van der Waals surface area contributed by atoms with Gasteiger partial charge < -0.3 is 28.4 Å². The van der Waals surface area contributed by atoms with Gasteiger partial charge in [0.1, 0.15) is 36.0 Å². The molecule has 27 heavy (non-hydrogen) atoms. The minimum atomic E-state index is -0.539. The maximum absolute atomic E-state index is 12.3. The van der Waals surface area contributed by atoms with Gasteiger partial charge >= 0.3 is 5.97 Å².